The van der Waals surface area contributed by atoms with Gasteiger partial charge in [0.2, 0.25) is 5.91 Å². The molecule has 0 radical (unpaired) electrons. The summed E-state index contributed by atoms with van der Waals surface area (Å²) in [5.74, 6) is -1.04. The molecule has 20 heavy (non-hydrogen) atoms. The molecule has 3 N–H and O–H groups in total. The van der Waals surface area contributed by atoms with Crippen molar-refractivity contribution in [1.29, 1.82) is 0 Å². The second kappa shape index (κ2) is 6.08. The van der Waals surface area contributed by atoms with Crippen molar-refractivity contribution < 1.29 is 24.6 Å². The summed E-state index contributed by atoms with van der Waals surface area (Å²) in [4.78, 5) is 37.8. The molecule has 2 fully saturated rings. The maximum Gasteiger partial charge on any atom is 0.326 e. The first kappa shape index (κ1) is 14.6. The molecule has 0 bridgehead atoms. The Balaban J connectivity index is 1.90. The first-order valence-corrected chi connectivity index (χ1v) is 6.71. The first-order valence-electron chi connectivity index (χ1n) is 6.71. The number of aliphatic carboxylic acids is 1. The summed E-state index contributed by atoms with van der Waals surface area (Å²) in [5.41, 5.74) is 0. The van der Waals surface area contributed by atoms with Gasteiger partial charge < -0.3 is 25.3 Å². The first-order chi connectivity index (χ1) is 9.52. The highest BCUT2D eigenvalue weighted by molar-refractivity contribution is 5.83. The Morgan fingerprint density at radius 2 is 2.15 bits per heavy atom. The van der Waals surface area contributed by atoms with Crippen LogP contribution in [-0.2, 0) is 9.59 Å². The molecular formula is C12H19N3O5. The summed E-state index contributed by atoms with van der Waals surface area (Å²) < 4.78 is 0. The van der Waals surface area contributed by atoms with Crippen molar-refractivity contribution in [2.75, 3.05) is 26.2 Å². The highest BCUT2D eigenvalue weighted by Gasteiger charge is 2.37. The number of rotatable bonds is 4. The van der Waals surface area contributed by atoms with Crippen molar-refractivity contribution in [2.24, 2.45) is 0 Å². The Morgan fingerprint density at radius 3 is 2.80 bits per heavy atom. The number of carbonyl (C=O) groups is 3. The molecule has 8 heteroatoms. The lowest BCUT2D eigenvalue weighted by atomic mass is 10.1. The lowest BCUT2D eigenvalue weighted by Gasteiger charge is -2.37. The molecule has 0 saturated carbocycles. The predicted octanol–water partition coefficient (Wildman–Crippen LogP) is -1.16. The van der Waals surface area contributed by atoms with Crippen molar-refractivity contribution in [3.8, 4) is 0 Å². The van der Waals surface area contributed by atoms with E-state index in [1.807, 2.05) is 0 Å². The maximum absolute atomic E-state index is 12.0. The monoisotopic (exact) mass is 285 g/mol. The molecule has 2 aliphatic heterocycles. The van der Waals surface area contributed by atoms with Gasteiger partial charge in [-0.3, -0.25) is 4.79 Å². The van der Waals surface area contributed by atoms with Gasteiger partial charge in [0.05, 0.1) is 0 Å². The van der Waals surface area contributed by atoms with Crippen molar-refractivity contribution >= 4 is 17.9 Å². The number of carboxylic acids is 1. The average molecular weight is 285 g/mol. The molecule has 1 unspecified atom stereocenters. The summed E-state index contributed by atoms with van der Waals surface area (Å²) >= 11 is 0. The second-order valence-electron chi connectivity index (χ2n) is 5.08. The van der Waals surface area contributed by atoms with Gasteiger partial charge in [-0.15, -0.1) is 0 Å². The van der Waals surface area contributed by atoms with Crippen molar-refractivity contribution in [3.05, 3.63) is 0 Å². The summed E-state index contributed by atoms with van der Waals surface area (Å²) in [7, 11) is 0. The molecular weight excluding hydrogens is 266 g/mol. The third-order valence-corrected chi connectivity index (χ3v) is 3.80. The minimum Gasteiger partial charge on any atom is -0.480 e. The molecule has 3 amide bonds. The van der Waals surface area contributed by atoms with Gasteiger partial charge >= 0.3 is 12.0 Å². The third kappa shape index (κ3) is 3.01. The van der Waals surface area contributed by atoms with Crippen molar-refractivity contribution in [3.63, 3.8) is 0 Å². The fourth-order valence-corrected chi connectivity index (χ4v) is 2.68. The van der Waals surface area contributed by atoms with E-state index >= 15 is 0 Å². The van der Waals surface area contributed by atoms with E-state index in [0.717, 1.165) is 6.42 Å². The molecule has 0 aliphatic carbocycles. The number of carbonyl (C=O) groups excluding carboxylic acids is 2. The number of fused-ring (bicyclic) bond motifs is 1. The number of carboxylic acid groups (broad SMARTS) is 1. The number of amides is 3. The van der Waals surface area contributed by atoms with Crippen LogP contribution in [0.15, 0.2) is 0 Å². The SMILES string of the molecule is O=C(O)[C@@H](CCO)NC(=O)N1CCN2C(=O)CCC2C1. The van der Waals surface area contributed by atoms with Crippen LogP contribution in [0, 0.1) is 0 Å². The second-order valence-corrected chi connectivity index (χ2v) is 5.08. The molecule has 2 rings (SSSR count). The average Bonchev–Trinajstić information content (AvgIpc) is 2.79. The quantitative estimate of drug-likeness (QED) is 0.603. The van der Waals surface area contributed by atoms with Crippen LogP contribution in [-0.4, -0.2) is 76.2 Å². The summed E-state index contributed by atoms with van der Waals surface area (Å²) in [5, 5.41) is 20.1. The van der Waals surface area contributed by atoms with Gasteiger partial charge in [0, 0.05) is 45.1 Å². The van der Waals surface area contributed by atoms with Gasteiger partial charge in [0.1, 0.15) is 6.04 Å². The molecule has 0 spiro atoms. The molecule has 112 valence electrons. The van der Waals surface area contributed by atoms with Crippen LogP contribution < -0.4 is 5.32 Å². The Hall–Kier alpha value is -1.83. The van der Waals surface area contributed by atoms with Gasteiger partial charge in [-0.2, -0.15) is 0 Å². The van der Waals surface area contributed by atoms with Crippen LogP contribution in [0.4, 0.5) is 4.79 Å². The minimum atomic E-state index is -1.16. The standard InChI is InChI=1S/C12H19N3O5/c16-6-3-9(11(18)19)13-12(20)14-4-5-15-8(7-14)1-2-10(15)17/h8-9,16H,1-7H2,(H,13,20)(H,18,19)/t8?,9-/m1/s1. The predicted molar refractivity (Wildman–Crippen MR) is 68.0 cm³/mol. The lowest BCUT2D eigenvalue weighted by Crippen LogP contribution is -2.57. The van der Waals surface area contributed by atoms with E-state index in [1.165, 1.54) is 4.90 Å². The lowest BCUT2D eigenvalue weighted by molar-refractivity contribution is -0.139. The molecule has 8 nitrogen and oxygen atoms in total. The Kier molecular flexibility index (Phi) is 4.43. The zero-order valence-corrected chi connectivity index (χ0v) is 11.1. The van der Waals surface area contributed by atoms with Gasteiger partial charge in [0.15, 0.2) is 0 Å². The summed E-state index contributed by atoms with van der Waals surface area (Å²) in [6.07, 6.45) is 1.23. The molecule has 2 saturated heterocycles. The van der Waals surface area contributed by atoms with E-state index in [-0.39, 0.29) is 25.0 Å². The number of piperazine rings is 1. The molecule has 0 aromatic rings. The highest BCUT2D eigenvalue weighted by Crippen LogP contribution is 2.22. The van der Waals surface area contributed by atoms with Crippen molar-refractivity contribution in [2.45, 2.75) is 31.3 Å². The molecule has 2 heterocycles. The fourth-order valence-electron chi connectivity index (χ4n) is 2.68. The fraction of sp³-hybridized carbons (Fsp3) is 0.750. The van der Waals surface area contributed by atoms with Gasteiger partial charge in [-0.05, 0) is 6.42 Å². The van der Waals surface area contributed by atoms with E-state index in [1.54, 1.807) is 4.90 Å². The zero-order chi connectivity index (χ0) is 14.7. The van der Waals surface area contributed by atoms with Gasteiger partial charge in [0.25, 0.3) is 0 Å². The normalized spacial score (nSPS) is 23.4. The van der Waals surface area contributed by atoms with E-state index in [4.69, 9.17) is 10.2 Å². The third-order valence-electron chi connectivity index (χ3n) is 3.80. The van der Waals surface area contributed by atoms with Crippen LogP contribution in [0.25, 0.3) is 0 Å². The van der Waals surface area contributed by atoms with E-state index in [9.17, 15) is 14.4 Å². The molecule has 2 atom stereocenters. The zero-order valence-electron chi connectivity index (χ0n) is 11.1. The highest BCUT2D eigenvalue weighted by atomic mass is 16.4. The van der Waals surface area contributed by atoms with Crippen LogP contribution in [0.1, 0.15) is 19.3 Å². The molecule has 0 aromatic carbocycles. The largest absolute Gasteiger partial charge is 0.480 e. The molecule has 2 aliphatic rings. The number of hydrogen-bond donors (Lipinski definition) is 3. The summed E-state index contributed by atoms with van der Waals surface area (Å²) in [6.45, 7) is 1.03. The van der Waals surface area contributed by atoms with Crippen LogP contribution in [0.3, 0.4) is 0 Å². The van der Waals surface area contributed by atoms with Crippen molar-refractivity contribution in [1.82, 2.24) is 15.1 Å². The Morgan fingerprint density at radius 1 is 1.40 bits per heavy atom. The maximum atomic E-state index is 12.0. The Bertz CT molecular complexity index is 414. The van der Waals surface area contributed by atoms with E-state index in [0.29, 0.717) is 26.1 Å². The number of nitrogens with one attached hydrogen (secondary N) is 1. The van der Waals surface area contributed by atoms with Crippen LogP contribution in [0.2, 0.25) is 0 Å². The number of aliphatic hydroxyl groups excluding tert-OH is 1. The van der Waals surface area contributed by atoms with Gasteiger partial charge in [-0.25, -0.2) is 9.59 Å². The van der Waals surface area contributed by atoms with E-state index in [2.05, 4.69) is 5.32 Å². The smallest absolute Gasteiger partial charge is 0.326 e. The summed E-state index contributed by atoms with van der Waals surface area (Å²) in [6, 6.07) is -1.50. The van der Waals surface area contributed by atoms with E-state index < -0.39 is 18.0 Å². The number of hydrogen-bond acceptors (Lipinski definition) is 4. The Labute approximate surface area is 116 Å². The molecule has 0 aromatic heterocycles. The minimum absolute atomic E-state index is 0.0248. The van der Waals surface area contributed by atoms with Gasteiger partial charge in [-0.1, -0.05) is 0 Å². The number of urea groups is 1. The topological polar surface area (TPSA) is 110 Å². The number of nitrogens with zero attached hydrogens (tertiary/aromatic N) is 2. The van der Waals surface area contributed by atoms with Crippen LogP contribution >= 0.6 is 0 Å². The van der Waals surface area contributed by atoms with Crippen LogP contribution in [0.5, 0.6) is 0 Å². The number of aliphatic hydroxyl groups is 1.